The molecular weight excluding hydrogens is 300 g/mol. The molecule has 132 valence electrons. The van der Waals surface area contributed by atoms with E-state index in [4.69, 9.17) is 11.2 Å². The van der Waals surface area contributed by atoms with E-state index in [0.717, 1.165) is 51.4 Å². The first-order chi connectivity index (χ1) is 11.3. The number of aliphatic hydroxyl groups excluding tert-OH is 1. The van der Waals surface area contributed by atoms with E-state index >= 15 is 0 Å². The molecule has 9 unspecified atom stereocenters. The molecule has 0 amide bonds. The van der Waals surface area contributed by atoms with Gasteiger partial charge in [0.05, 0.1) is 12.2 Å². The standard InChI is InChI=1S/C21H30O3/c1-4-20(23)10-7-15-14-11-17-21(24-17)12-13(22)5-8-19(21,3)16(14)6-9-18(15,20)2/h1,13-17,22-23H,5-12H2,2-3H3. The molecule has 4 aliphatic carbocycles. The first-order valence-electron chi connectivity index (χ1n) is 9.86. The summed E-state index contributed by atoms with van der Waals surface area (Å²) in [5, 5.41) is 21.3. The van der Waals surface area contributed by atoms with E-state index in [2.05, 4.69) is 19.8 Å². The molecule has 3 nitrogen and oxygen atoms in total. The van der Waals surface area contributed by atoms with Crippen LogP contribution in [0, 0.1) is 40.9 Å². The van der Waals surface area contributed by atoms with Gasteiger partial charge in [-0.2, -0.15) is 0 Å². The Labute approximate surface area is 145 Å². The van der Waals surface area contributed by atoms with Gasteiger partial charge in [0, 0.05) is 17.3 Å². The van der Waals surface area contributed by atoms with E-state index in [1.165, 1.54) is 0 Å². The maximum absolute atomic E-state index is 11.1. The molecule has 1 saturated heterocycles. The Bertz CT molecular complexity index is 625. The maximum Gasteiger partial charge on any atom is 0.130 e. The van der Waals surface area contributed by atoms with Crippen LogP contribution in [0.3, 0.4) is 0 Å². The van der Waals surface area contributed by atoms with Crippen molar-refractivity contribution in [2.24, 2.45) is 28.6 Å². The molecular formula is C21H30O3. The number of hydrogen-bond acceptors (Lipinski definition) is 3. The zero-order chi connectivity index (χ0) is 17.0. The molecule has 0 aromatic rings. The zero-order valence-electron chi connectivity index (χ0n) is 14.9. The Morgan fingerprint density at radius 1 is 1.04 bits per heavy atom. The lowest BCUT2D eigenvalue weighted by atomic mass is 9.44. The van der Waals surface area contributed by atoms with E-state index in [0.29, 0.717) is 23.9 Å². The van der Waals surface area contributed by atoms with Gasteiger partial charge in [-0.25, -0.2) is 0 Å². The number of rotatable bonds is 0. The van der Waals surface area contributed by atoms with Crippen LogP contribution in [0.5, 0.6) is 0 Å². The average Bonchev–Trinajstić information content (AvgIpc) is 3.17. The van der Waals surface area contributed by atoms with Crippen molar-refractivity contribution in [3.05, 3.63) is 0 Å². The zero-order valence-corrected chi connectivity index (χ0v) is 14.9. The van der Waals surface area contributed by atoms with Gasteiger partial charge in [0.15, 0.2) is 0 Å². The molecule has 5 aliphatic rings. The Morgan fingerprint density at radius 3 is 2.46 bits per heavy atom. The molecule has 0 aromatic heterocycles. The van der Waals surface area contributed by atoms with Crippen molar-refractivity contribution in [2.75, 3.05) is 0 Å². The summed E-state index contributed by atoms with van der Waals surface area (Å²) in [7, 11) is 0. The second kappa shape index (κ2) is 4.40. The summed E-state index contributed by atoms with van der Waals surface area (Å²) in [6, 6.07) is 0. The molecule has 5 fully saturated rings. The van der Waals surface area contributed by atoms with Gasteiger partial charge in [0.1, 0.15) is 11.2 Å². The van der Waals surface area contributed by atoms with E-state index < -0.39 is 5.60 Å². The predicted molar refractivity (Wildman–Crippen MR) is 91.0 cm³/mol. The van der Waals surface area contributed by atoms with Crippen molar-refractivity contribution in [1.82, 2.24) is 0 Å². The quantitative estimate of drug-likeness (QED) is 0.530. The molecule has 2 N–H and O–H groups in total. The SMILES string of the molecule is C#CC1(O)CCC2C3CC4OC45CC(O)CCC5(C)C3CCC21C. The summed E-state index contributed by atoms with van der Waals surface area (Å²) < 4.78 is 6.33. The first kappa shape index (κ1) is 15.7. The molecule has 0 bridgehead atoms. The van der Waals surface area contributed by atoms with E-state index in [1.54, 1.807) is 0 Å². The van der Waals surface area contributed by atoms with E-state index in [1.807, 2.05) is 0 Å². The largest absolute Gasteiger partial charge is 0.393 e. The Balaban J connectivity index is 1.52. The molecule has 5 rings (SSSR count). The third-order valence-electron chi connectivity index (χ3n) is 9.45. The fourth-order valence-corrected chi connectivity index (χ4v) is 7.91. The highest BCUT2D eigenvalue weighted by Crippen LogP contribution is 2.74. The molecule has 1 heterocycles. The van der Waals surface area contributed by atoms with Crippen LogP contribution in [-0.4, -0.2) is 33.6 Å². The Hall–Kier alpha value is -0.560. The minimum atomic E-state index is -0.925. The lowest BCUT2D eigenvalue weighted by Crippen LogP contribution is -2.60. The van der Waals surface area contributed by atoms with Crippen LogP contribution in [0.15, 0.2) is 0 Å². The van der Waals surface area contributed by atoms with Crippen molar-refractivity contribution < 1.29 is 14.9 Å². The predicted octanol–water partition coefficient (Wildman–Crippen LogP) is 2.89. The van der Waals surface area contributed by atoms with Crippen molar-refractivity contribution in [3.8, 4) is 12.3 Å². The average molecular weight is 330 g/mol. The molecule has 3 heteroatoms. The van der Waals surface area contributed by atoms with Crippen molar-refractivity contribution >= 4 is 0 Å². The molecule has 0 aromatic carbocycles. The Kier molecular flexibility index (Phi) is 2.87. The van der Waals surface area contributed by atoms with Gasteiger partial charge >= 0.3 is 0 Å². The first-order valence-corrected chi connectivity index (χ1v) is 9.86. The summed E-state index contributed by atoms with van der Waals surface area (Å²) in [5.74, 6) is 4.55. The van der Waals surface area contributed by atoms with Crippen LogP contribution in [0.1, 0.15) is 65.2 Å². The third-order valence-corrected chi connectivity index (χ3v) is 9.45. The Morgan fingerprint density at radius 2 is 1.71 bits per heavy atom. The molecule has 1 spiro atoms. The minimum absolute atomic E-state index is 0.0550. The summed E-state index contributed by atoms with van der Waals surface area (Å²) in [5.41, 5.74) is -0.924. The van der Waals surface area contributed by atoms with Crippen LogP contribution in [-0.2, 0) is 4.74 Å². The molecule has 9 atom stereocenters. The number of ether oxygens (including phenoxy) is 1. The summed E-state index contributed by atoms with van der Waals surface area (Å²) >= 11 is 0. The number of hydrogen-bond donors (Lipinski definition) is 2. The van der Waals surface area contributed by atoms with Gasteiger partial charge in [-0.05, 0) is 62.7 Å². The van der Waals surface area contributed by atoms with Crippen LogP contribution < -0.4 is 0 Å². The second-order valence-electron chi connectivity index (χ2n) is 9.92. The lowest BCUT2D eigenvalue weighted by Gasteiger charge is -2.59. The van der Waals surface area contributed by atoms with Gasteiger partial charge in [-0.15, -0.1) is 6.42 Å². The van der Waals surface area contributed by atoms with E-state index in [9.17, 15) is 10.2 Å². The highest BCUT2D eigenvalue weighted by molar-refractivity contribution is 5.28. The van der Waals surface area contributed by atoms with Crippen molar-refractivity contribution in [2.45, 2.75) is 88.6 Å². The number of terminal acetylenes is 1. The van der Waals surface area contributed by atoms with Gasteiger partial charge in [-0.1, -0.05) is 19.8 Å². The van der Waals surface area contributed by atoms with Gasteiger partial charge in [0.2, 0.25) is 0 Å². The number of epoxide rings is 1. The van der Waals surface area contributed by atoms with Gasteiger partial charge < -0.3 is 14.9 Å². The monoisotopic (exact) mass is 330 g/mol. The summed E-state index contributed by atoms with van der Waals surface area (Å²) in [6.45, 7) is 4.67. The topological polar surface area (TPSA) is 53.0 Å². The molecule has 24 heavy (non-hydrogen) atoms. The van der Waals surface area contributed by atoms with Crippen LogP contribution >= 0.6 is 0 Å². The molecule has 1 aliphatic heterocycles. The highest BCUT2D eigenvalue weighted by atomic mass is 16.6. The smallest absolute Gasteiger partial charge is 0.130 e. The maximum atomic E-state index is 11.1. The fraction of sp³-hybridized carbons (Fsp3) is 0.905. The fourth-order valence-electron chi connectivity index (χ4n) is 7.91. The number of fused-ring (bicyclic) bond motifs is 4. The highest BCUT2D eigenvalue weighted by Gasteiger charge is 2.76. The minimum Gasteiger partial charge on any atom is -0.393 e. The van der Waals surface area contributed by atoms with Crippen molar-refractivity contribution in [1.29, 1.82) is 0 Å². The van der Waals surface area contributed by atoms with Crippen molar-refractivity contribution in [3.63, 3.8) is 0 Å². The van der Waals surface area contributed by atoms with Crippen LogP contribution in [0.2, 0.25) is 0 Å². The summed E-state index contributed by atoms with van der Waals surface area (Å²) in [4.78, 5) is 0. The molecule has 0 radical (unpaired) electrons. The summed E-state index contributed by atoms with van der Waals surface area (Å²) in [6.07, 6.45) is 13.8. The molecule has 4 saturated carbocycles. The normalized spacial score (nSPS) is 64.2. The van der Waals surface area contributed by atoms with Gasteiger partial charge in [-0.3, -0.25) is 0 Å². The second-order valence-corrected chi connectivity index (χ2v) is 9.92. The van der Waals surface area contributed by atoms with Crippen LogP contribution in [0.4, 0.5) is 0 Å². The third kappa shape index (κ3) is 1.53. The van der Waals surface area contributed by atoms with Gasteiger partial charge in [0.25, 0.3) is 0 Å². The number of aliphatic hydroxyl groups is 2. The van der Waals surface area contributed by atoms with E-state index in [-0.39, 0.29) is 22.5 Å². The van der Waals surface area contributed by atoms with Crippen LogP contribution in [0.25, 0.3) is 0 Å². The lowest BCUT2D eigenvalue weighted by molar-refractivity contribution is -0.133.